The lowest BCUT2D eigenvalue weighted by Crippen LogP contribution is -2.67. The fourth-order valence-corrected chi connectivity index (χ4v) is 5.36. The molecule has 4 fully saturated rings. The van der Waals surface area contributed by atoms with Crippen molar-refractivity contribution in [3.05, 3.63) is 0 Å². The summed E-state index contributed by atoms with van der Waals surface area (Å²) in [5.74, 6) is -0.318. The van der Waals surface area contributed by atoms with Crippen LogP contribution in [0, 0.1) is 39.4 Å². The van der Waals surface area contributed by atoms with Gasteiger partial charge in [-0.15, -0.1) is 0 Å². The van der Waals surface area contributed by atoms with Crippen LogP contribution in [-0.4, -0.2) is 17.1 Å². The molecule has 4 aliphatic rings. The Morgan fingerprint density at radius 3 is 2.23 bits per heavy atom. The average Bonchev–Trinajstić information content (AvgIpc) is 2.45. The van der Waals surface area contributed by atoms with E-state index in [1.165, 1.54) is 6.92 Å². The molecule has 4 nitrogen and oxygen atoms in total. The fourth-order valence-electron chi connectivity index (χ4n) is 5.36. The number of halogens is 1. The molecule has 4 bridgehead atoms. The number of hydrogen-bond acceptors (Lipinski definition) is 3. The Labute approximate surface area is 130 Å². The lowest BCUT2D eigenvalue weighted by atomic mass is 9.42. The number of nitriles is 2. The van der Waals surface area contributed by atoms with Crippen LogP contribution in [0.25, 0.3) is 0 Å². The quantitative estimate of drug-likeness (QED) is 0.870. The molecule has 4 saturated carbocycles. The maximum Gasteiger partial charge on any atom is 0.257 e. The van der Waals surface area contributed by atoms with E-state index in [0.717, 1.165) is 19.3 Å². The van der Waals surface area contributed by atoms with Crippen LogP contribution in [-0.2, 0) is 4.79 Å². The molecular weight excluding hydrogens is 281 g/mol. The molecule has 1 amide bonds. The molecule has 0 aromatic carbocycles. The van der Waals surface area contributed by atoms with Crippen LogP contribution >= 0.6 is 0 Å². The van der Waals surface area contributed by atoms with Gasteiger partial charge >= 0.3 is 0 Å². The van der Waals surface area contributed by atoms with Crippen molar-refractivity contribution in [2.24, 2.45) is 16.7 Å². The third-order valence-electron chi connectivity index (χ3n) is 6.06. The van der Waals surface area contributed by atoms with Crippen LogP contribution in [0.3, 0.4) is 0 Å². The summed E-state index contributed by atoms with van der Waals surface area (Å²) in [6, 6.07) is 4.85. The number of rotatable bonds is 3. The minimum atomic E-state index is -1.90. The zero-order valence-electron chi connectivity index (χ0n) is 13.2. The number of carbonyl (C=O) groups excluding carboxylic acids is 1. The fraction of sp³-hybridized carbons (Fsp3) is 0.824. The summed E-state index contributed by atoms with van der Waals surface area (Å²) >= 11 is 0. The summed E-state index contributed by atoms with van der Waals surface area (Å²) in [4.78, 5) is 12.3. The zero-order chi connectivity index (χ0) is 16.2. The summed E-state index contributed by atoms with van der Waals surface area (Å²) in [7, 11) is 0. The molecule has 0 saturated heterocycles. The minimum absolute atomic E-state index is 0.116. The zero-order valence-corrected chi connectivity index (χ0v) is 13.2. The molecule has 0 aromatic heterocycles. The van der Waals surface area contributed by atoms with Crippen LogP contribution < -0.4 is 5.32 Å². The number of nitrogens with one attached hydrogen (secondary N) is 1. The second-order valence-electron chi connectivity index (χ2n) is 8.08. The van der Waals surface area contributed by atoms with Gasteiger partial charge < -0.3 is 5.32 Å². The van der Waals surface area contributed by atoms with Crippen molar-refractivity contribution in [2.45, 2.75) is 70.0 Å². The van der Waals surface area contributed by atoms with Gasteiger partial charge in [-0.25, -0.2) is 4.39 Å². The largest absolute Gasteiger partial charge is 0.348 e. The Bertz CT molecular complexity index is 570. The third-order valence-corrected chi connectivity index (χ3v) is 6.06. The number of amides is 1. The van der Waals surface area contributed by atoms with Crippen LogP contribution in [0.15, 0.2) is 0 Å². The van der Waals surface area contributed by atoms with Crippen LogP contribution in [0.4, 0.5) is 4.39 Å². The molecule has 3 unspecified atom stereocenters. The van der Waals surface area contributed by atoms with E-state index in [1.54, 1.807) is 6.92 Å². The Morgan fingerprint density at radius 2 is 1.77 bits per heavy atom. The van der Waals surface area contributed by atoms with Crippen LogP contribution in [0.5, 0.6) is 0 Å². The van der Waals surface area contributed by atoms with E-state index in [9.17, 15) is 19.7 Å². The highest BCUT2D eigenvalue weighted by molar-refractivity contribution is 5.85. The van der Waals surface area contributed by atoms with E-state index in [0.29, 0.717) is 19.3 Å². The monoisotopic (exact) mass is 303 g/mol. The van der Waals surface area contributed by atoms with Gasteiger partial charge in [0.2, 0.25) is 0 Å². The van der Waals surface area contributed by atoms with E-state index in [4.69, 9.17) is 0 Å². The van der Waals surface area contributed by atoms with E-state index in [1.807, 2.05) is 0 Å². The first kappa shape index (κ1) is 15.3. The molecule has 0 aromatic rings. The highest BCUT2D eigenvalue weighted by atomic mass is 19.1. The molecule has 118 valence electrons. The summed E-state index contributed by atoms with van der Waals surface area (Å²) in [6.45, 7) is 2.94. The van der Waals surface area contributed by atoms with Gasteiger partial charge in [-0.2, -0.15) is 10.5 Å². The number of nitrogens with zero attached hydrogens (tertiary/aromatic N) is 2. The van der Waals surface area contributed by atoms with Gasteiger partial charge in [-0.3, -0.25) is 4.79 Å². The number of hydrogen-bond donors (Lipinski definition) is 1. The average molecular weight is 303 g/mol. The van der Waals surface area contributed by atoms with Gasteiger partial charge in [0, 0.05) is 5.54 Å². The van der Waals surface area contributed by atoms with Crippen LogP contribution in [0.1, 0.15) is 58.8 Å². The molecule has 0 heterocycles. The summed E-state index contributed by atoms with van der Waals surface area (Å²) in [6.07, 6.45) is 4.22. The Balaban J connectivity index is 1.93. The minimum Gasteiger partial charge on any atom is -0.348 e. The molecule has 0 radical (unpaired) electrons. The van der Waals surface area contributed by atoms with Gasteiger partial charge in [0.25, 0.3) is 5.91 Å². The predicted molar refractivity (Wildman–Crippen MR) is 78.0 cm³/mol. The highest BCUT2D eigenvalue weighted by Crippen LogP contribution is 2.66. The van der Waals surface area contributed by atoms with Crippen molar-refractivity contribution in [3.8, 4) is 12.1 Å². The maximum absolute atomic E-state index is 14.3. The molecule has 4 rings (SSSR count). The van der Waals surface area contributed by atoms with E-state index in [2.05, 4.69) is 17.5 Å². The third kappa shape index (κ3) is 2.10. The first-order valence-electron chi connectivity index (χ1n) is 8.06. The molecular formula is C17H22FN3O. The Hall–Kier alpha value is -1.62. The van der Waals surface area contributed by atoms with E-state index >= 15 is 0 Å². The van der Waals surface area contributed by atoms with Crippen molar-refractivity contribution < 1.29 is 9.18 Å². The Morgan fingerprint density at radius 1 is 1.23 bits per heavy atom. The molecule has 0 aliphatic heterocycles. The molecule has 5 heteroatoms. The van der Waals surface area contributed by atoms with E-state index in [-0.39, 0.29) is 12.3 Å². The second-order valence-corrected chi connectivity index (χ2v) is 8.08. The van der Waals surface area contributed by atoms with Crippen molar-refractivity contribution in [3.63, 3.8) is 0 Å². The molecule has 4 aliphatic carbocycles. The summed E-state index contributed by atoms with van der Waals surface area (Å²) in [5.41, 5.74) is -3.53. The first-order valence-corrected chi connectivity index (χ1v) is 8.06. The summed E-state index contributed by atoms with van der Waals surface area (Å²) in [5, 5.41) is 22.2. The molecule has 22 heavy (non-hydrogen) atoms. The van der Waals surface area contributed by atoms with Crippen LogP contribution in [0.2, 0.25) is 0 Å². The van der Waals surface area contributed by atoms with Crippen molar-refractivity contribution in [1.82, 2.24) is 5.32 Å². The predicted octanol–water partition coefficient (Wildman–Crippen LogP) is 3.00. The smallest absolute Gasteiger partial charge is 0.257 e. The highest BCUT2D eigenvalue weighted by Gasteiger charge is 2.65. The van der Waals surface area contributed by atoms with Crippen molar-refractivity contribution in [1.29, 1.82) is 10.5 Å². The first-order chi connectivity index (χ1) is 10.2. The topological polar surface area (TPSA) is 76.7 Å². The molecule has 3 atom stereocenters. The normalized spacial score (nSPS) is 44.7. The van der Waals surface area contributed by atoms with Gasteiger partial charge in [0.15, 0.2) is 5.67 Å². The van der Waals surface area contributed by atoms with Crippen molar-refractivity contribution in [2.75, 3.05) is 0 Å². The number of carbonyl (C=O) groups is 1. The number of alkyl halides is 1. The van der Waals surface area contributed by atoms with Gasteiger partial charge in [-0.05, 0) is 57.8 Å². The van der Waals surface area contributed by atoms with Gasteiger partial charge in [-0.1, -0.05) is 6.92 Å². The van der Waals surface area contributed by atoms with E-state index < -0.39 is 27.9 Å². The lowest BCUT2D eigenvalue weighted by Gasteiger charge is -2.62. The van der Waals surface area contributed by atoms with Crippen molar-refractivity contribution >= 4 is 5.91 Å². The molecule has 0 spiro atoms. The summed E-state index contributed by atoms with van der Waals surface area (Å²) < 4.78 is 14.3. The molecule has 1 N–H and O–H groups in total. The lowest BCUT2D eigenvalue weighted by molar-refractivity contribution is -0.142. The Kier molecular flexibility index (Phi) is 3.09. The maximum atomic E-state index is 14.3. The van der Waals surface area contributed by atoms with Gasteiger partial charge in [0.05, 0.1) is 23.0 Å². The van der Waals surface area contributed by atoms with Gasteiger partial charge in [0.1, 0.15) is 0 Å². The second kappa shape index (κ2) is 4.44. The SMILES string of the molecule is CCC(C)(F)C(=O)NC12CC3CC(C#N)(CC(C#N)(C3)C1)C2. The standard InChI is InChI=1S/C17H22FN3O/c1-3-14(2,18)13(22)21-17-6-12-4-15(8-17,10-19)7-16(5-12,9-17)11-20/h12H,3-9H2,1-2H3,(H,21,22).